The number of rotatable bonds is 12. The lowest BCUT2D eigenvalue weighted by atomic mass is 10.2. The van der Waals surface area contributed by atoms with Crippen LogP contribution in [0, 0.1) is 0 Å². The average Bonchev–Trinajstić information content (AvgIpc) is 3.33. The lowest BCUT2D eigenvalue weighted by Gasteiger charge is -2.13. The maximum atomic E-state index is 12.4. The predicted molar refractivity (Wildman–Crippen MR) is 122 cm³/mol. The number of ether oxygens (including phenoxy) is 2. The zero-order chi connectivity index (χ0) is 22.6. The third kappa shape index (κ3) is 7.17. The molecule has 0 saturated carbocycles. The maximum Gasteiger partial charge on any atom is 0.251 e. The van der Waals surface area contributed by atoms with Crippen LogP contribution in [0.1, 0.15) is 23.0 Å². The monoisotopic (exact) mass is 437 g/mol. The number of hydrogen-bond acceptors (Lipinski definition) is 6. The van der Waals surface area contributed by atoms with Gasteiger partial charge in [0.05, 0.1) is 31.6 Å². The van der Waals surface area contributed by atoms with Crippen LogP contribution in [0.5, 0.6) is 5.75 Å². The minimum absolute atomic E-state index is 0.0424. The Labute approximate surface area is 186 Å². The topological polar surface area (TPSA) is 102 Å². The first kappa shape index (κ1) is 22.9. The molecule has 3 aromatic rings. The highest BCUT2D eigenvalue weighted by molar-refractivity contribution is 5.98. The van der Waals surface area contributed by atoms with E-state index in [1.54, 1.807) is 42.7 Å². The van der Waals surface area contributed by atoms with Crippen molar-refractivity contribution in [2.24, 2.45) is 0 Å². The number of furan rings is 1. The van der Waals surface area contributed by atoms with Gasteiger partial charge in [-0.15, -0.1) is 0 Å². The van der Waals surface area contributed by atoms with E-state index >= 15 is 0 Å². The van der Waals surface area contributed by atoms with Crippen LogP contribution in [-0.2, 0) is 16.1 Å². The number of nitrogens with one attached hydrogen (secondary N) is 3. The summed E-state index contributed by atoms with van der Waals surface area (Å²) in [5.74, 6) is 0.808. The molecule has 0 saturated heterocycles. The molecule has 0 aliphatic carbocycles. The molecule has 1 aromatic heterocycles. The third-order valence-corrected chi connectivity index (χ3v) is 4.43. The van der Waals surface area contributed by atoms with Crippen LogP contribution in [0.4, 0.5) is 11.4 Å². The molecule has 0 radical (unpaired) electrons. The van der Waals surface area contributed by atoms with E-state index < -0.39 is 0 Å². The van der Waals surface area contributed by atoms with Crippen molar-refractivity contribution in [2.75, 3.05) is 37.0 Å². The Balaban J connectivity index is 1.50. The van der Waals surface area contributed by atoms with Crippen molar-refractivity contribution < 1.29 is 23.5 Å². The Kier molecular flexibility index (Phi) is 8.70. The van der Waals surface area contributed by atoms with Gasteiger partial charge in [-0.25, -0.2) is 0 Å². The molecular formula is C24H27N3O5. The lowest BCUT2D eigenvalue weighted by molar-refractivity contribution is -0.114. The van der Waals surface area contributed by atoms with Gasteiger partial charge in [-0.3, -0.25) is 9.59 Å². The molecule has 0 spiro atoms. The zero-order valence-corrected chi connectivity index (χ0v) is 17.9. The third-order valence-electron chi connectivity index (χ3n) is 4.43. The summed E-state index contributed by atoms with van der Waals surface area (Å²) in [5, 5.41) is 8.65. The van der Waals surface area contributed by atoms with Crippen LogP contribution < -0.4 is 20.7 Å². The zero-order valence-electron chi connectivity index (χ0n) is 17.9. The normalized spacial score (nSPS) is 10.4. The molecule has 1 heterocycles. The van der Waals surface area contributed by atoms with E-state index in [0.717, 1.165) is 0 Å². The van der Waals surface area contributed by atoms with Crippen molar-refractivity contribution in [1.82, 2.24) is 5.32 Å². The number of carbonyl (C=O) groups is 2. The fraction of sp³-hybridized carbons (Fsp3) is 0.250. The van der Waals surface area contributed by atoms with Crippen LogP contribution in [0.3, 0.4) is 0 Å². The molecule has 3 N–H and O–H groups in total. The van der Waals surface area contributed by atoms with Crippen molar-refractivity contribution in [2.45, 2.75) is 13.5 Å². The molecule has 3 rings (SSSR count). The van der Waals surface area contributed by atoms with Crippen LogP contribution in [0.25, 0.3) is 0 Å². The molecule has 0 aliphatic rings. The number of anilines is 2. The van der Waals surface area contributed by atoms with Crippen molar-refractivity contribution >= 4 is 23.2 Å². The minimum atomic E-state index is -0.256. The molecule has 168 valence electrons. The SMILES string of the molecule is CCOCCOc1ccccc1NCC(=O)Nc1cccc(C(=O)NCc2ccco2)c1. The maximum absolute atomic E-state index is 12.4. The Morgan fingerprint density at radius 2 is 1.88 bits per heavy atom. The molecule has 0 fully saturated rings. The Hall–Kier alpha value is -3.78. The molecular weight excluding hydrogens is 410 g/mol. The van der Waals surface area contributed by atoms with Gasteiger partial charge in [-0.05, 0) is 49.4 Å². The number of benzene rings is 2. The van der Waals surface area contributed by atoms with Gasteiger partial charge in [0.2, 0.25) is 5.91 Å². The van der Waals surface area contributed by atoms with Gasteiger partial charge in [0, 0.05) is 17.9 Å². The predicted octanol–water partition coefficient (Wildman–Crippen LogP) is 3.68. The van der Waals surface area contributed by atoms with E-state index in [1.165, 1.54) is 0 Å². The Morgan fingerprint density at radius 1 is 1.00 bits per heavy atom. The van der Waals surface area contributed by atoms with Crippen LogP contribution in [0.2, 0.25) is 0 Å². The lowest BCUT2D eigenvalue weighted by Crippen LogP contribution is -2.24. The highest BCUT2D eigenvalue weighted by atomic mass is 16.5. The molecule has 8 heteroatoms. The van der Waals surface area contributed by atoms with Crippen molar-refractivity contribution in [3.05, 3.63) is 78.3 Å². The summed E-state index contributed by atoms with van der Waals surface area (Å²) in [6.45, 7) is 3.82. The number of carbonyl (C=O) groups excluding carboxylic acids is 2. The van der Waals surface area contributed by atoms with E-state index in [0.29, 0.717) is 54.8 Å². The number of para-hydroxylation sites is 2. The Bertz CT molecular complexity index is 1000. The van der Waals surface area contributed by atoms with Crippen molar-refractivity contribution in [3.63, 3.8) is 0 Å². The van der Waals surface area contributed by atoms with Gasteiger partial charge >= 0.3 is 0 Å². The van der Waals surface area contributed by atoms with Crippen LogP contribution in [0.15, 0.2) is 71.3 Å². The fourth-order valence-corrected chi connectivity index (χ4v) is 2.89. The first-order chi connectivity index (χ1) is 15.7. The average molecular weight is 437 g/mol. The molecule has 32 heavy (non-hydrogen) atoms. The molecule has 0 unspecified atom stereocenters. The van der Waals surface area contributed by atoms with E-state index in [9.17, 15) is 9.59 Å². The second kappa shape index (κ2) is 12.2. The fourth-order valence-electron chi connectivity index (χ4n) is 2.89. The molecule has 0 aliphatic heterocycles. The van der Waals surface area contributed by atoms with E-state index in [4.69, 9.17) is 13.9 Å². The number of hydrogen-bond donors (Lipinski definition) is 3. The summed E-state index contributed by atoms with van der Waals surface area (Å²) >= 11 is 0. The largest absolute Gasteiger partial charge is 0.489 e. The van der Waals surface area contributed by atoms with Crippen LogP contribution in [-0.4, -0.2) is 38.2 Å². The second-order valence-electron chi connectivity index (χ2n) is 6.79. The molecule has 8 nitrogen and oxygen atoms in total. The smallest absolute Gasteiger partial charge is 0.251 e. The first-order valence-electron chi connectivity index (χ1n) is 10.4. The van der Waals surface area contributed by atoms with Crippen molar-refractivity contribution in [3.8, 4) is 5.75 Å². The summed E-state index contributed by atoms with van der Waals surface area (Å²) in [5.41, 5.74) is 1.68. The van der Waals surface area contributed by atoms with Gasteiger partial charge in [-0.1, -0.05) is 18.2 Å². The van der Waals surface area contributed by atoms with E-state index in [-0.39, 0.29) is 18.4 Å². The van der Waals surface area contributed by atoms with Gasteiger partial charge in [0.15, 0.2) is 0 Å². The van der Waals surface area contributed by atoms with E-state index in [1.807, 2.05) is 31.2 Å². The van der Waals surface area contributed by atoms with Crippen molar-refractivity contribution in [1.29, 1.82) is 0 Å². The highest BCUT2D eigenvalue weighted by Gasteiger charge is 2.10. The minimum Gasteiger partial charge on any atom is -0.489 e. The summed E-state index contributed by atoms with van der Waals surface area (Å²) in [6.07, 6.45) is 1.55. The van der Waals surface area contributed by atoms with Gasteiger partial charge in [0.25, 0.3) is 5.91 Å². The molecule has 2 amide bonds. The summed E-state index contributed by atoms with van der Waals surface area (Å²) in [7, 11) is 0. The quantitative estimate of drug-likeness (QED) is 0.374. The van der Waals surface area contributed by atoms with Gasteiger partial charge < -0.3 is 29.8 Å². The standard InChI is InChI=1S/C24H27N3O5/c1-2-30-13-14-32-22-11-4-3-10-21(22)25-17-23(28)27-19-8-5-7-18(15-19)24(29)26-16-20-9-6-12-31-20/h3-12,15,25H,2,13-14,16-17H2,1H3,(H,26,29)(H,27,28). The Morgan fingerprint density at radius 3 is 2.69 bits per heavy atom. The number of amides is 2. The highest BCUT2D eigenvalue weighted by Crippen LogP contribution is 2.23. The molecule has 0 atom stereocenters. The van der Waals surface area contributed by atoms with Crippen LogP contribution >= 0.6 is 0 Å². The van der Waals surface area contributed by atoms with Gasteiger partial charge in [-0.2, -0.15) is 0 Å². The van der Waals surface area contributed by atoms with E-state index in [2.05, 4.69) is 16.0 Å². The summed E-state index contributed by atoms with van der Waals surface area (Å²) < 4.78 is 16.2. The summed E-state index contributed by atoms with van der Waals surface area (Å²) in [4.78, 5) is 24.8. The summed E-state index contributed by atoms with van der Waals surface area (Å²) in [6, 6.07) is 17.7. The second-order valence-corrected chi connectivity index (χ2v) is 6.79. The molecule has 0 bridgehead atoms. The molecule has 2 aromatic carbocycles. The first-order valence-corrected chi connectivity index (χ1v) is 10.4. The van der Waals surface area contributed by atoms with Gasteiger partial charge in [0.1, 0.15) is 18.1 Å².